The number of hydrogen-bond acceptors (Lipinski definition) is 5. The molecule has 1 aliphatic carbocycles. The Kier molecular flexibility index (Phi) is 5.02. The number of esters is 1. The predicted molar refractivity (Wildman–Crippen MR) is 102 cm³/mol. The van der Waals surface area contributed by atoms with Gasteiger partial charge in [-0.3, -0.25) is 4.79 Å². The smallest absolute Gasteiger partial charge is 0.359 e. The molecule has 2 heterocycles. The van der Waals surface area contributed by atoms with Gasteiger partial charge in [-0.25, -0.2) is 9.48 Å². The van der Waals surface area contributed by atoms with Crippen molar-refractivity contribution in [3.63, 3.8) is 0 Å². The lowest BCUT2D eigenvalue weighted by atomic mass is 10.2. The summed E-state index contributed by atoms with van der Waals surface area (Å²) >= 11 is 1.57. The van der Waals surface area contributed by atoms with E-state index >= 15 is 0 Å². The summed E-state index contributed by atoms with van der Waals surface area (Å²) in [7, 11) is 0. The molecule has 3 aromatic rings. The number of para-hydroxylation sites is 1. The van der Waals surface area contributed by atoms with Gasteiger partial charge >= 0.3 is 5.97 Å². The van der Waals surface area contributed by atoms with Crippen LogP contribution in [0.3, 0.4) is 0 Å². The number of fused-ring (bicyclic) bond motifs is 1. The van der Waals surface area contributed by atoms with Gasteiger partial charge in [0.15, 0.2) is 12.3 Å². The number of benzene rings is 1. The number of carbonyl (C=O) groups is 2. The third-order valence-electron chi connectivity index (χ3n) is 4.50. The zero-order valence-corrected chi connectivity index (χ0v) is 15.5. The van der Waals surface area contributed by atoms with Crippen molar-refractivity contribution in [1.82, 2.24) is 15.1 Å². The summed E-state index contributed by atoms with van der Waals surface area (Å²) in [5.74, 6) is -0.870. The molecular formula is C20H19N3O3S. The molecule has 1 N–H and O–H groups in total. The molecule has 0 aliphatic heterocycles. The van der Waals surface area contributed by atoms with Gasteiger partial charge in [0.1, 0.15) is 0 Å². The number of rotatable bonds is 6. The highest BCUT2D eigenvalue weighted by Crippen LogP contribution is 2.28. The molecule has 1 aliphatic rings. The molecule has 0 fully saturated rings. The van der Waals surface area contributed by atoms with Crippen LogP contribution in [0.4, 0.5) is 0 Å². The maximum atomic E-state index is 12.5. The van der Waals surface area contributed by atoms with Gasteiger partial charge in [0.05, 0.1) is 12.2 Å². The van der Waals surface area contributed by atoms with Crippen molar-refractivity contribution < 1.29 is 14.3 Å². The van der Waals surface area contributed by atoms with E-state index in [-0.39, 0.29) is 12.5 Å². The first-order valence-electron chi connectivity index (χ1n) is 8.85. The number of thiophene rings is 1. The summed E-state index contributed by atoms with van der Waals surface area (Å²) in [6, 6.07) is 13.6. The summed E-state index contributed by atoms with van der Waals surface area (Å²) in [6.45, 7) is 0.128. The van der Waals surface area contributed by atoms with Gasteiger partial charge in [-0.15, -0.1) is 11.3 Å². The molecule has 0 atom stereocenters. The third-order valence-corrected chi connectivity index (χ3v) is 5.37. The molecule has 138 valence electrons. The Labute approximate surface area is 160 Å². The van der Waals surface area contributed by atoms with Crippen LogP contribution < -0.4 is 5.32 Å². The fourth-order valence-corrected chi connectivity index (χ4v) is 3.88. The maximum Gasteiger partial charge on any atom is 0.359 e. The van der Waals surface area contributed by atoms with E-state index in [0.717, 1.165) is 41.1 Å². The van der Waals surface area contributed by atoms with E-state index in [1.807, 2.05) is 52.5 Å². The fraction of sp³-hybridized carbons (Fsp3) is 0.250. The number of amides is 1. The van der Waals surface area contributed by atoms with Gasteiger partial charge in [-0.1, -0.05) is 24.3 Å². The summed E-state index contributed by atoms with van der Waals surface area (Å²) < 4.78 is 7.03. The lowest BCUT2D eigenvalue weighted by Crippen LogP contribution is -2.28. The van der Waals surface area contributed by atoms with E-state index in [1.165, 1.54) is 0 Å². The summed E-state index contributed by atoms with van der Waals surface area (Å²) in [5, 5.41) is 9.17. The molecule has 4 rings (SSSR count). The molecule has 2 aromatic heterocycles. The second-order valence-electron chi connectivity index (χ2n) is 6.31. The molecule has 27 heavy (non-hydrogen) atoms. The molecule has 0 radical (unpaired) electrons. The Morgan fingerprint density at radius 1 is 1.15 bits per heavy atom. The monoisotopic (exact) mass is 381 g/mol. The second kappa shape index (κ2) is 7.75. The van der Waals surface area contributed by atoms with Crippen molar-refractivity contribution >= 4 is 23.2 Å². The number of hydrogen-bond donors (Lipinski definition) is 1. The van der Waals surface area contributed by atoms with E-state index in [2.05, 4.69) is 10.4 Å². The molecule has 0 unspecified atom stereocenters. The van der Waals surface area contributed by atoms with E-state index in [4.69, 9.17) is 4.74 Å². The van der Waals surface area contributed by atoms with Crippen molar-refractivity contribution in [3.8, 4) is 5.69 Å². The zero-order chi connectivity index (χ0) is 18.6. The first-order chi connectivity index (χ1) is 13.2. The number of carbonyl (C=O) groups excluding carboxylic acids is 2. The van der Waals surface area contributed by atoms with Gasteiger partial charge < -0.3 is 10.1 Å². The number of ether oxygens (including phenoxy) is 1. The van der Waals surface area contributed by atoms with Gasteiger partial charge in [-0.05, 0) is 42.8 Å². The van der Waals surface area contributed by atoms with Crippen LogP contribution in [-0.2, 0) is 28.9 Å². The second-order valence-corrected chi connectivity index (χ2v) is 7.34. The van der Waals surface area contributed by atoms with Gasteiger partial charge in [0.25, 0.3) is 5.91 Å². The number of aromatic nitrogens is 2. The van der Waals surface area contributed by atoms with Crippen molar-refractivity contribution in [2.24, 2.45) is 0 Å². The molecule has 1 aromatic carbocycles. The van der Waals surface area contributed by atoms with E-state index in [1.54, 1.807) is 11.3 Å². The van der Waals surface area contributed by atoms with Crippen molar-refractivity contribution in [1.29, 1.82) is 0 Å². The molecule has 7 heteroatoms. The molecular weight excluding hydrogens is 362 g/mol. The summed E-state index contributed by atoms with van der Waals surface area (Å²) in [6.07, 6.45) is 2.67. The van der Waals surface area contributed by atoms with Crippen LogP contribution in [0.25, 0.3) is 5.69 Å². The van der Waals surface area contributed by atoms with Crippen LogP contribution in [0.1, 0.15) is 33.0 Å². The van der Waals surface area contributed by atoms with Crippen molar-refractivity contribution in [3.05, 3.63) is 69.7 Å². The summed E-state index contributed by atoms with van der Waals surface area (Å²) in [4.78, 5) is 25.5. The Hall–Kier alpha value is -2.93. The van der Waals surface area contributed by atoms with Gasteiger partial charge in [0, 0.05) is 16.1 Å². The number of nitrogens with zero attached hydrogens (tertiary/aromatic N) is 2. The van der Waals surface area contributed by atoms with Crippen LogP contribution >= 0.6 is 11.3 Å². The quantitative estimate of drug-likeness (QED) is 0.667. The van der Waals surface area contributed by atoms with Crippen LogP contribution in [0.2, 0.25) is 0 Å². The molecule has 0 saturated heterocycles. The highest BCUT2D eigenvalue weighted by Gasteiger charge is 2.28. The van der Waals surface area contributed by atoms with Crippen LogP contribution in [0.15, 0.2) is 47.8 Å². The molecule has 0 bridgehead atoms. The topological polar surface area (TPSA) is 73.2 Å². The Bertz CT molecular complexity index is 949. The highest BCUT2D eigenvalue weighted by atomic mass is 32.1. The Balaban J connectivity index is 1.42. The maximum absolute atomic E-state index is 12.5. The van der Waals surface area contributed by atoms with Crippen molar-refractivity contribution in [2.75, 3.05) is 6.61 Å². The highest BCUT2D eigenvalue weighted by molar-refractivity contribution is 7.09. The largest absolute Gasteiger partial charge is 0.451 e. The van der Waals surface area contributed by atoms with Crippen LogP contribution in [-0.4, -0.2) is 28.3 Å². The standard InChI is InChI=1S/C20H19N3O3S/c24-18(21-12-15-8-5-11-27-15)13-26-20(25)19-16-9-4-10-17(16)23(22-19)14-6-2-1-3-7-14/h1-3,5-8,11H,4,9-10,12-13H2,(H,21,24). The minimum atomic E-state index is -0.547. The van der Waals surface area contributed by atoms with Crippen LogP contribution in [0, 0.1) is 0 Å². The Morgan fingerprint density at radius 3 is 2.78 bits per heavy atom. The van der Waals surface area contributed by atoms with Gasteiger partial charge in [-0.2, -0.15) is 5.10 Å². The first-order valence-corrected chi connectivity index (χ1v) is 9.73. The average molecular weight is 381 g/mol. The molecule has 1 amide bonds. The molecule has 0 saturated carbocycles. The van der Waals surface area contributed by atoms with Crippen molar-refractivity contribution in [2.45, 2.75) is 25.8 Å². The third kappa shape index (κ3) is 3.78. The fourth-order valence-electron chi connectivity index (χ4n) is 3.23. The minimum Gasteiger partial charge on any atom is -0.451 e. The van der Waals surface area contributed by atoms with E-state index in [9.17, 15) is 9.59 Å². The lowest BCUT2D eigenvalue weighted by Gasteiger charge is -2.06. The molecule has 6 nitrogen and oxygen atoms in total. The van der Waals surface area contributed by atoms with Crippen LogP contribution in [0.5, 0.6) is 0 Å². The number of nitrogens with one attached hydrogen (secondary N) is 1. The minimum absolute atomic E-state index is 0.308. The Morgan fingerprint density at radius 2 is 2.00 bits per heavy atom. The molecule has 0 spiro atoms. The van der Waals surface area contributed by atoms with E-state index in [0.29, 0.717) is 12.2 Å². The lowest BCUT2D eigenvalue weighted by molar-refractivity contribution is -0.124. The predicted octanol–water partition coefficient (Wildman–Crippen LogP) is 2.90. The zero-order valence-electron chi connectivity index (χ0n) is 14.7. The SMILES string of the molecule is O=C(COC(=O)c1nn(-c2ccccc2)c2c1CCC2)NCc1cccs1. The normalized spacial score (nSPS) is 12.6. The van der Waals surface area contributed by atoms with E-state index < -0.39 is 5.97 Å². The first kappa shape index (κ1) is 17.5. The summed E-state index contributed by atoms with van der Waals surface area (Å²) in [5.41, 5.74) is 3.22. The van der Waals surface area contributed by atoms with Gasteiger partial charge in [0.2, 0.25) is 0 Å². The average Bonchev–Trinajstić information content (AvgIpc) is 3.42.